The Morgan fingerprint density at radius 3 is 2.29 bits per heavy atom. The molecule has 2 aromatic rings. The maximum absolute atomic E-state index is 12.1. The molecule has 108 valence electrons. The number of aldehydes is 1. The smallest absolute Gasteiger partial charge is 0.343 e. The average Bonchev–Trinajstić information content (AvgIpc) is 2.46. The molecule has 0 unspecified atom stereocenters. The normalized spacial score (nSPS) is 11.0. The van der Waals surface area contributed by atoms with Crippen LogP contribution in [0.2, 0.25) is 0 Å². The summed E-state index contributed by atoms with van der Waals surface area (Å²) in [7, 11) is 0. The fraction of sp³-hybridized carbons (Fsp3) is 0.222. The molecule has 0 amide bonds. The minimum atomic E-state index is -0.432. The second kappa shape index (κ2) is 5.92. The molecule has 0 N–H and O–H groups in total. The van der Waals surface area contributed by atoms with Crippen LogP contribution < -0.4 is 4.74 Å². The predicted octanol–water partition coefficient (Wildman–Crippen LogP) is 4.02. The van der Waals surface area contributed by atoms with Gasteiger partial charge in [-0.2, -0.15) is 0 Å². The SMILES string of the molecule is CC(C)(C)c1ccc(C(=O)Oc2cccc(C=O)c2)cc1. The van der Waals surface area contributed by atoms with Crippen LogP contribution in [0.25, 0.3) is 0 Å². The first-order valence-electron chi connectivity index (χ1n) is 6.78. The lowest BCUT2D eigenvalue weighted by atomic mass is 9.87. The van der Waals surface area contributed by atoms with E-state index in [4.69, 9.17) is 4.74 Å². The average molecular weight is 282 g/mol. The number of carbonyl (C=O) groups excluding carboxylic acids is 2. The van der Waals surface area contributed by atoms with E-state index in [1.165, 1.54) is 6.07 Å². The van der Waals surface area contributed by atoms with Gasteiger partial charge < -0.3 is 4.74 Å². The molecule has 0 fully saturated rings. The first-order valence-corrected chi connectivity index (χ1v) is 6.78. The predicted molar refractivity (Wildman–Crippen MR) is 81.9 cm³/mol. The third-order valence-corrected chi connectivity index (χ3v) is 3.19. The van der Waals surface area contributed by atoms with E-state index >= 15 is 0 Å². The Labute approximate surface area is 124 Å². The molecule has 0 aliphatic rings. The van der Waals surface area contributed by atoms with Gasteiger partial charge in [-0.1, -0.05) is 45.0 Å². The molecule has 0 aliphatic carbocycles. The molecule has 0 aliphatic heterocycles. The van der Waals surface area contributed by atoms with Gasteiger partial charge in [0.15, 0.2) is 0 Å². The first-order chi connectivity index (χ1) is 9.90. The molecule has 21 heavy (non-hydrogen) atoms. The molecular weight excluding hydrogens is 264 g/mol. The molecule has 0 aromatic heterocycles. The van der Waals surface area contributed by atoms with Gasteiger partial charge in [-0.05, 0) is 35.2 Å². The number of hydrogen-bond donors (Lipinski definition) is 0. The van der Waals surface area contributed by atoms with Crippen LogP contribution in [-0.4, -0.2) is 12.3 Å². The number of carbonyl (C=O) groups is 2. The molecule has 0 saturated heterocycles. The molecule has 0 atom stereocenters. The van der Waals surface area contributed by atoms with Crippen molar-refractivity contribution in [2.75, 3.05) is 0 Å². The zero-order chi connectivity index (χ0) is 15.5. The summed E-state index contributed by atoms with van der Waals surface area (Å²) in [5.74, 6) is -0.0667. The highest BCUT2D eigenvalue weighted by Crippen LogP contribution is 2.22. The second-order valence-electron chi connectivity index (χ2n) is 5.91. The van der Waals surface area contributed by atoms with Crippen LogP contribution in [0.15, 0.2) is 48.5 Å². The molecular formula is C18H18O3. The summed E-state index contributed by atoms with van der Waals surface area (Å²) in [6, 6.07) is 13.9. The monoisotopic (exact) mass is 282 g/mol. The lowest BCUT2D eigenvalue weighted by Gasteiger charge is -2.18. The van der Waals surface area contributed by atoms with Crippen molar-refractivity contribution in [2.45, 2.75) is 26.2 Å². The van der Waals surface area contributed by atoms with E-state index in [2.05, 4.69) is 20.8 Å². The van der Waals surface area contributed by atoms with E-state index in [1.807, 2.05) is 12.1 Å². The number of ether oxygens (including phenoxy) is 1. The standard InChI is InChI=1S/C18H18O3/c1-18(2,3)15-9-7-14(8-10-15)17(20)21-16-6-4-5-13(11-16)12-19/h4-12H,1-3H3. The van der Waals surface area contributed by atoms with Gasteiger partial charge in [0.1, 0.15) is 12.0 Å². The summed E-state index contributed by atoms with van der Waals surface area (Å²) in [6.45, 7) is 6.35. The van der Waals surface area contributed by atoms with Crippen LogP contribution in [0, 0.1) is 0 Å². The molecule has 0 radical (unpaired) electrons. The zero-order valence-corrected chi connectivity index (χ0v) is 12.4. The van der Waals surface area contributed by atoms with Gasteiger partial charge in [-0.3, -0.25) is 4.79 Å². The lowest BCUT2D eigenvalue weighted by Crippen LogP contribution is -2.13. The number of rotatable bonds is 3. The number of esters is 1. The fourth-order valence-corrected chi connectivity index (χ4v) is 1.92. The van der Waals surface area contributed by atoms with E-state index < -0.39 is 5.97 Å². The third-order valence-electron chi connectivity index (χ3n) is 3.19. The highest BCUT2D eigenvalue weighted by molar-refractivity contribution is 5.91. The van der Waals surface area contributed by atoms with Crippen LogP contribution in [0.5, 0.6) is 5.75 Å². The van der Waals surface area contributed by atoms with Crippen molar-refractivity contribution in [2.24, 2.45) is 0 Å². The van der Waals surface area contributed by atoms with Gasteiger partial charge in [-0.25, -0.2) is 4.79 Å². The Balaban J connectivity index is 2.15. The quantitative estimate of drug-likeness (QED) is 0.485. The summed E-state index contributed by atoms with van der Waals surface area (Å²) in [4.78, 5) is 22.8. The van der Waals surface area contributed by atoms with E-state index in [1.54, 1.807) is 30.3 Å². The molecule has 0 heterocycles. The minimum Gasteiger partial charge on any atom is -0.423 e. The zero-order valence-electron chi connectivity index (χ0n) is 12.4. The Hall–Kier alpha value is -2.42. The van der Waals surface area contributed by atoms with E-state index in [0.717, 1.165) is 11.8 Å². The van der Waals surface area contributed by atoms with Crippen LogP contribution in [-0.2, 0) is 5.41 Å². The molecule has 2 aromatic carbocycles. The van der Waals surface area contributed by atoms with Gasteiger partial charge in [0.25, 0.3) is 0 Å². The maximum atomic E-state index is 12.1. The maximum Gasteiger partial charge on any atom is 0.343 e. The number of hydrogen-bond acceptors (Lipinski definition) is 3. The summed E-state index contributed by atoms with van der Waals surface area (Å²) >= 11 is 0. The molecule has 0 saturated carbocycles. The highest BCUT2D eigenvalue weighted by Gasteiger charge is 2.15. The van der Waals surface area contributed by atoms with Crippen molar-refractivity contribution in [3.63, 3.8) is 0 Å². The first kappa shape index (κ1) is 15.0. The van der Waals surface area contributed by atoms with Crippen LogP contribution in [0.3, 0.4) is 0 Å². The summed E-state index contributed by atoms with van der Waals surface area (Å²) < 4.78 is 5.27. The van der Waals surface area contributed by atoms with Crippen molar-refractivity contribution in [1.82, 2.24) is 0 Å². The number of benzene rings is 2. The van der Waals surface area contributed by atoms with Crippen LogP contribution in [0.1, 0.15) is 47.1 Å². The van der Waals surface area contributed by atoms with E-state index in [0.29, 0.717) is 16.9 Å². The molecule has 0 spiro atoms. The van der Waals surface area contributed by atoms with Crippen molar-refractivity contribution >= 4 is 12.3 Å². The molecule has 0 bridgehead atoms. The van der Waals surface area contributed by atoms with E-state index in [9.17, 15) is 9.59 Å². The van der Waals surface area contributed by atoms with Crippen molar-refractivity contribution in [3.05, 3.63) is 65.2 Å². The van der Waals surface area contributed by atoms with Gasteiger partial charge in [0.2, 0.25) is 0 Å². The summed E-state index contributed by atoms with van der Waals surface area (Å²) in [6.07, 6.45) is 0.718. The Kier molecular flexibility index (Phi) is 4.22. The highest BCUT2D eigenvalue weighted by atomic mass is 16.5. The van der Waals surface area contributed by atoms with Gasteiger partial charge >= 0.3 is 5.97 Å². The topological polar surface area (TPSA) is 43.4 Å². The molecule has 3 heteroatoms. The van der Waals surface area contributed by atoms with Gasteiger partial charge in [0.05, 0.1) is 5.56 Å². The minimum absolute atomic E-state index is 0.0424. The Bertz CT molecular complexity index is 649. The van der Waals surface area contributed by atoms with Gasteiger partial charge in [-0.15, -0.1) is 0 Å². The molecule has 2 rings (SSSR count). The van der Waals surface area contributed by atoms with E-state index in [-0.39, 0.29) is 5.41 Å². The van der Waals surface area contributed by atoms with Crippen LogP contribution >= 0.6 is 0 Å². The van der Waals surface area contributed by atoms with Crippen molar-refractivity contribution in [3.8, 4) is 5.75 Å². The van der Waals surface area contributed by atoms with Crippen LogP contribution in [0.4, 0.5) is 0 Å². The third kappa shape index (κ3) is 3.78. The van der Waals surface area contributed by atoms with Crippen molar-refractivity contribution in [1.29, 1.82) is 0 Å². The van der Waals surface area contributed by atoms with Crippen molar-refractivity contribution < 1.29 is 14.3 Å². The fourth-order valence-electron chi connectivity index (χ4n) is 1.92. The van der Waals surface area contributed by atoms with Gasteiger partial charge in [0, 0.05) is 5.56 Å². The second-order valence-corrected chi connectivity index (χ2v) is 5.91. The summed E-state index contributed by atoms with van der Waals surface area (Å²) in [5.41, 5.74) is 2.16. The Morgan fingerprint density at radius 1 is 1.05 bits per heavy atom. The Morgan fingerprint density at radius 2 is 1.71 bits per heavy atom. The largest absolute Gasteiger partial charge is 0.423 e. The molecule has 3 nitrogen and oxygen atoms in total. The summed E-state index contributed by atoms with van der Waals surface area (Å²) in [5, 5.41) is 0. The lowest BCUT2D eigenvalue weighted by molar-refractivity contribution is 0.0734.